The van der Waals surface area contributed by atoms with Crippen LogP contribution in [0.25, 0.3) is 0 Å². The highest BCUT2D eigenvalue weighted by atomic mass is 79.9. The number of aromatic carboxylic acids is 1. The van der Waals surface area contributed by atoms with Gasteiger partial charge in [-0.1, -0.05) is 27.5 Å². The van der Waals surface area contributed by atoms with Crippen LogP contribution in [0.4, 0.5) is 0 Å². The summed E-state index contributed by atoms with van der Waals surface area (Å²) in [5, 5.41) is 9.05. The van der Waals surface area contributed by atoms with Crippen LogP contribution in [0.3, 0.4) is 0 Å². The van der Waals surface area contributed by atoms with Crippen LogP contribution in [0.5, 0.6) is 11.6 Å². The second-order valence-corrected chi connectivity index (χ2v) is 5.46. The minimum Gasteiger partial charge on any atom is -0.476 e. The van der Waals surface area contributed by atoms with Crippen LogP contribution in [-0.4, -0.2) is 16.1 Å². The largest absolute Gasteiger partial charge is 0.476 e. The van der Waals surface area contributed by atoms with Crippen molar-refractivity contribution in [1.82, 2.24) is 4.98 Å². The van der Waals surface area contributed by atoms with Crippen molar-refractivity contribution in [3.8, 4) is 11.6 Å². The van der Waals surface area contributed by atoms with Gasteiger partial charge in [0.2, 0.25) is 5.88 Å². The number of rotatable bonds is 3. The highest BCUT2D eigenvalue weighted by molar-refractivity contribution is 9.10. The van der Waals surface area contributed by atoms with Crippen LogP contribution in [0.2, 0.25) is 5.02 Å². The number of ether oxygens (including phenoxy) is 1. The monoisotopic (exact) mass is 355 g/mol. The molecule has 4 nitrogen and oxygen atoms in total. The van der Waals surface area contributed by atoms with Crippen molar-refractivity contribution in [2.75, 3.05) is 0 Å². The summed E-state index contributed by atoms with van der Waals surface area (Å²) >= 11 is 9.23. The molecule has 0 aliphatic carbocycles. The van der Waals surface area contributed by atoms with Gasteiger partial charge in [-0.25, -0.2) is 9.78 Å². The Morgan fingerprint density at radius 3 is 2.45 bits per heavy atom. The number of nitrogens with zero attached hydrogens (tertiary/aromatic N) is 1. The molecular formula is C14H11BrClNO3. The van der Waals surface area contributed by atoms with Gasteiger partial charge in [0, 0.05) is 10.5 Å². The van der Waals surface area contributed by atoms with E-state index in [2.05, 4.69) is 20.9 Å². The first-order valence-electron chi connectivity index (χ1n) is 5.73. The van der Waals surface area contributed by atoms with Crippen molar-refractivity contribution in [3.63, 3.8) is 0 Å². The molecule has 1 aromatic carbocycles. The molecule has 0 spiro atoms. The van der Waals surface area contributed by atoms with Crippen LogP contribution < -0.4 is 4.74 Å². The van der Waals surface area contributed by atoms with E-state index in [1.54, 1.807) is 0 Å². The fourth-order valence-electron chi connectivity index (χ4n) is 1.72. The van der Waals surface area contributed by atoms with Gasteiger partial charge >= 0.3 is 5.97 Å². The van der Waals surface area contributed by atoms with E-state index in [9.17, 15) is 4.79 Å². The van der Waals surface area contributed by atoms with Gasteiger partial charge in [0.05, 0.1) is 5.02 Å². The fourth-order valence-corrected chi connectivity index (χ4v) is 2.13. The molecule has 20 heavy (non-hydrogen) atoms. The second kappa shape index (κ2) is 5.81. The van der Waals surface area contributed by atoms with E-state index in [-0.39, 0.29) is 16.6 Å². The first-order chi connectivity index (χ1) is 9.38. The van der Waals surface area contributed by atoms with Gasteiger partial charge < -0.3 is 9.84 Å². The molecule has 0 saturated heterocycles. The smallest absolute Gasteiger partial charge is 0.356 e. The SMILES string of the molecule is Cc1cc(Oc2ccc(Cl)c(C(=O)O)n2)cc(C)c1Br. The number of carbonyl (C=O) groups is 1. The molecule has 1 heterocycles. The van der Waals surface area contributed by atoms with Crippen molar-refractivity contribution in [2.45, 2.75) is 13.8 Å². The maximum absolute atomic E-state index is 11.0. The molecule has 0 unspecified atom stereocenters. The average molecular weight is 357 g/mol. The summed E-state index contributed by atoms with van der Waals surface area (Å²) in [6.07, 6.45) is 0. The Labute approximate surface area is 129 Å². The number of pyridine rings is 1. The minimum absolute atomic E-state index is 0.0769. The van der Waals surface area contributed by atoms with Crippen molar-refractivity contribution in [3.05, 3.63) is 50.6 Å². The van der Waals surface area contributed by atoms with Gasteiger partial charge in [0.25, 0.3) is 0 Å². The predicted octanol–water partition coefficient (Wildman–Crippen LogP) is 4.60. The van der Waals surface area contributed by atoms with Crippen molar-refractivity contribution >= 4 is 33.5 Å². The Morgan fingerprint density at radius 2 is 1.90 bits per heavy atom. The molecule has 104 valence electrons. The highest BCUT2D eigenvalue weighted by Crippen LogP contribution is 2.29. The van der Waals surface area contributed by atoms with E-state index < -0.39 is 5.97 Å². The number of hydrogen-bond acceptors (Lipinski definition) is 3. The molecule has 6 heteroatoms. The van der Waals surface area contributed by atoms with Crippen LogP contribution in [0, 0.1) is 13.8 Å². The third kappa shape index (κ3) is 3.11. The molecule has 2 rings (SSSR count). The molecule has 0 amide bonds. The van der Waals surface area contributed by atoms with Crippen LogP contribution in [0.15, 0.2) is 28.7 Å². The van der Waals surface area contributed by atoms with Gasteiger partial charge in [-0.3, -0.25) is 0 Å². The van der Waals surface area contributed by atoms with E-state index in [0.717, 1.165) is 15.6 Å². The van der Waals surface area contributed by atoms with E-state index in [1.165, 1.54) is 12.1 Å². The number of aromatic nitrogens is 1. The van der Waals surface area contributed by atoms with Crippen molar-refractivity contribution in [1.29, 1.82) is 0 Å². The highest BCUT2D eigenvalue weighted by Gasteiger charge is 2.13. The Hall–Kier alpha value is -1.59. The molecule has 0 bridgehead atoms. The van der Waals surface area contributed by atoms with E-state index >= 15 is 0 Å². The Morgan fingerprint density at radius 1 is 1.30 bits per heavy atom. The average Bonchev–Trinajstić information content (AvgIpc) is 2.38. The van der Waals surface area contributed by atoms with Crippen LogP contribution >= 0.6 is 27.5 Å². The maximum atomic E-state index is 11.0. The molecule has 0 fully saturated rings. The summed E-state index contributed by atoms with van der Waals surface area (Å²) in [7, 11) is 0. The topological polar surface area (TPSA) is 59.4 Å². The first-order valence-corrected chi connectivity index (χ1v) is 6.90. The number of benzene rings is 1. The Bertz CT molecular complexity index is 665. The Balaban J connectivity index is 2.35. The van der Waals surface area contributed by atoms with E-state index in [4.69, 9.17) is 21.4 Å². The fraction of sp³-hybridized carbons (Fsp3) is 0.143. The molecule has 0 atom stereocenters. The first kappa shape index (κ1) is 14.8. The van der Waals surface area contributed by atoms with Crippen LogP contribution in [-0.2, 0) is 0 Å². The standard InChI is InChI=1S/C14H11BrClNO3/c1-7-5-9(6-8(2)12(7)15)20-11-4-3-10(16)13(17-11)14(18)19/h3-6H,1-2H3,(H,18,19). The second-order valence-electron chi connectivity index (χ2n) is 4.26. The maximum Gasteiger partial charge on any atom is 0.356 e. The summed E-state index contributed by atoms with van der Waals surface area (Å²) < 4.78 is 6.60. The molecule has 0 aliphatic heterocycles. The van der Waals surface area contributed by atoms with Gasteiger partial charge in [0.15, 0.2) is 5.69 Å². The van der Waals surface area contributed by atoms with E-state index in [0.29, 0.717) is 5.75 Å². The summed E-state index contributed by atoms with van der Waals surface area (Å²) in [6, 6.07) is 6.66. The number of hydrogen-bond donors (Lipinski definition) is 1. The molecule has 1 N–H and O–H groups in total. The molecule has 0 saturated carbocycles. The van der Waals surface area contributed by atoms with Crippen molar-refractivity contribution < 1.29 is 14.6 Å². The number of halogens is 2. The quantitative estimate of drug-likeness (QED) is 0.873. The lowest BCUT2D eigenvalue weighted by Crippen LogP contribution is -2.02. The minimum atomic E-state index is -1.19. The number of carboxylic acid groups (broad SMARTS) is 1. The normalized spacial score (nSPS) is 10.4. The summed E-state index contributed by atoms with van der Waals surface area (Å²) in [6.45, 7) is 3.89. The van der Waals surface area contributed by atoms with Crippen LogP contribution in [0.1, 0.15) is 21.6 Å². The summed E-state index contributed by atoms with van der Waals surface area (Å²) in [5.74, 6) is -0.411. The number of carboxylic acids is 1. The number of aryl methyl sites for hydroxylation is 2. The van der Waals surface area contributed by atoms with Crippen molar-refractivity contribution in [2.24, 2.45) is 0 Å². The zero-order valence-corrected chi connectivity index (χ0v) is 13.1. The van der Waals surface area contributed by atoms with Gasteiger partial charge in [-0.05, 0) is 43.2 Å². The molecule has 1 aromatic heterocycles. The molecular weight excluding hydrogens is 346 g/mol. The lowest BCUT2D eigenvalue weighted by atomic mass is 10.1. The van der Waals surface area contributed by atoms with Gasteiger partial charge in [0.1, 0.15) is 5.75 Å². The summed E-state index contributed by atoms with van der Waals surface area (Å²) in [4.78, 5) is 14.9. The molecule has 0 radical (unpaired) electrons. The lowest BCUT2D eigenvalue weighted by Gasteiger charge is -2.10. The van der Waals surface area contributed by atoms with Gasteiger partial charge in [-0.2, -0.15) is 0 Å². The van der Waals surface area contributed by atoms with E-state index in [1.807, 2.05) is 26.0 Å². The lowest BCUT2D eigenvalue weighted by molar-refractivity contribution is 0.0690. The zero-order valence-electron chi connectivity index (χ0n) is 10.8. The summed E-state index contributed by atoms with van der Waals surface area (Å²) in [5.41, 5.74) is 1.81. The van der Waals surface area contributed by atoms with Gasteiger partial charge in [-0.15, -0.1) is 0 Å². The Kier molecular flexibility index (Phi) is 4.30. The molecule has 2 aromatic rings. The predicted molar refractivity (Wildman–Crippen MR) is 79.9 cm³/mol. The third-order valence-electron chi connectivity index (χ3n) is 2.66. The zero-order chi connectivity index (χ0) is 14.9. The third-order valence-corrected chi connectivity index (χ3v) is 4.21. The molecule has 0 aliphatic rings.